The molecule has 0 radical (unpaired) electrons. The minimum absolute atomic E-state index is 0.00451. The summed E-state index contributed by atoms with van der Waals surface area (Å²) in [6.45, 7) is 1.90. The fourth-order valence-corrected chi connectivity index (χ4v) is 1.56. The van der Waals surface area contributed by atoms with E-state index in [0.29, 0.717) is 10.9 Å². The fraction of sp³-hybridized carbons (Fsp3) is 0.0769. The fourth-order valence-electron chi connectivity index (χ4n) is 1.39. The highest BCUT2D eigenvalue weighted by atomic mass is 35.5. The number of aromatic nitrogens is 1. The summed E-state index contributed by atoms with van der Waals surface area (Å²) in [6, 6.07) is 7.92. The first-order chi connectivity index (χ1) is 8.56. The molecule has 0 saturated heterocycles. The molecule has 0 bridgehead atoms. The lowest BCUT2D eigenvalue weighted by molar-refractivity contribution is 0.0694. The average molecular weight is 264 g/mol. The maximum atomic E-state index is 11.1. The maximum absolute atomic E-state index is 11.1. The average Bonchev–Trinajstić information content (AvgIpc) is 2.34. The van der Waals surface area contributed by atoms with E-state index in [0.717, 1.165) is 5.56 Å². The molecule has 0 aliphatic heterocycles. The van der Waals surface area contributed by atoms with Gasteiger partial charge in [0.1, 0.15) is 11.3 Å². The van der Waals surface area contributed by atoms with Gasteiger partial charge in [0.2, 0.25) is 5.88 Å². The summed E-state index contributed by atoms with van der Waals surface area (Å²) in [5.74, 6) is -0.548. The number of aromatic carboxylic acids is 1. The number of halogens is 1. The second-order valence-corrected chi connectivity index (χ2v) is 4.16. The molecular weight excluding hydrogens is 254 g/mol. The first kappa shape index (κ1) is 12.4. The molecule has 0 amide bonds. The molecule has 1 N–H and O–H groups in total. The number of pyridine rings is 1. The lowest BCUT2D eigenvalue weighted by Gasteiger charge is -2.08. The van der Waals surface area contributed by atoms with Gasteiger partial charge >= 0.3 is 5.97 Å². The second kappa shape index (κ2) is 5.06. The summed E-state index contributed by atoms with van der Waals surface area (Å²) in [6.07, 6.45) is 1.64. The van der Waals surface area contributed by atoms with Gasteiger partial charge in [-0.2, -0.15) is 0 Å². The highest BCUT2D eigenvalue weighted by molar-refractivity contribution is 6.31. The SMILES string of the molecule is Cc1ccc(Oc2ccc(Cl)cc2C(=O)O)nc1. The number of hydrogen-bond acceptors (Lipinski definition) is 3. The van der Waals surface area contributed by atoms with Crippen LogP contribution >= 0.6 is 11.6 Å². The predicted molar refractivity (Wildman–Crippen MR) is 67.5 cm³/mol. The van der Waals surface area contributed by atoms with Gasteiger partial charge in [-0.05, 0) is 30.7 Å². The van der Waals surface area contributed by atoms with Crippen molar-refractivity contribution in [3.63, 3.8) is 0 Å². The molecule has 4 nitrogen and oxygen atoms in total. The molecule has 5 heteroatoms. The third-order valence-electron chi connectivity index (χ3n) is 2.27. The van der Waals surface area contributed by atoms with Crippen LogP contribution in [0, 0.1) is 6.92 Å². The Hall–Kier alpha value is -2.07. The van der Waals surface area contributed by atoms with Crippen molar-refractivity contribution in [2.24, 2.45) is 0 Å². The molecule has 2 rings (SSSR count). The van der Waals surface area contributed by atoms with Crippen LogP contribution in [0.5, 0.6) is 11.6 Å². The lowest BCUT2D eigenvalue weighted by atomic mass is 10.2. The molecule has 0 fully saturated rings. The molecule has 0 saturated carbocycles. The molecule has 0 unspecified atom stereocenters. The van der Waals surface area contributed by atoms with Crippen molar-refractivity contribution in [2.75, 3.05) is 0 Å². The first-order valence-corrected chi connectivity index (χ1v) is 5.57. The number of carbonyl (C=O) groups is 1. The quantitative estimate of drug-likeness (QED) is 0.920. The standard InChI is InChI=1S/C13H10ClNO3/c1-8-2-5-12(15-7-8)18-11-4-3-9(14)6-10(11)13(16)17/h2-7H,1H3,(H,16,17). The zero-order valence-corrected chi connectivity index (χ0v) is 10.3. The van der Waals surface area contributed by atoms with E-state index < -0.39 is 5.97 Å². The molecule has 0 aliphatic carbocycles. The largest absolute Gasteiger partial charge is 0.478 e. The number of carboxylic acid groups (broad SMARTS) is 1. The first-order valence-electron chi connectivity index (χ1n) is 5.19. The highest BCUT2D eigenvalue weighted by Crippen LogP contribution is 2.26. The van der Waals surface area contributed by atoms with E-state index in [4.69, 9.17) is 21.4 Å². The highest BCUT2D eigenvalue weighted by Gasteiger charge is 2.13. The monoisotopic (exact) mass is 263 g/mol. The summed E-state index contributed by atoms with van der Waals surface area (Å²) in [5.41, 5.74) is 1.00. The number of carboxylic acids is 1. The zero-order valence-electron chi connectivity index (χ0n) is 9.55. The Kier molecular flexibility index (Phi) is 3.48. The minimum atomic E-state index is -1.10. The molecular formula is C13H10ClNO3. The van der Waals surface area contributed by atoms with Crippen LogP contribution in [0.4, 0.5) is 0 Å². The van der Waals surface area contributed by atoms with E-state index >= 15 is 0 Å². The Morgan fingerprint density at radius 1 is 1.33 bits per heavy atom. The van der Waals surface area contributed by atoms with Gasteiger partial charge in [0.25, 0.3) is 0 Å². The van der Waals surface area contributed by atoms with Gasteiger partial charge in [-0.3, -0.25) is 0 Å². The van der Waals surface area contributed by atoms with Crippen LogP contribution in [-0.2, 0) is 0 Å². The summed E-state index contributed by atoms with van der Waals surface area (Å²) in [7, 11) is 0. The maximum Gasteiger partial charge on any atom is 0.339 e. The van der Waals surface area contributed by atoms with Crippen molar-refractivity contribution in [3.05, 3.63) is 52.7 Å². The molecule has 2 aromatic rings. The number of ether oxygens (including phenoxy) is 1. The van der Waals surface area contributed by atoms with Crippen molar-refractivity contribution >= 4 is 17.6 Å². The van der Waals surface area contributed by atoms with Gasteiger partial charge in [0.15, 0.2) is 0 Å². The van der Waals surface area contributed by atoms with Gasteiger partial charge in [-0.15, -0.1) is 0 Å². The Morgan fingerprint density at radius 2 is 2.11 bits per heavy atom. The van der Waals surface area contributed by atoms with Crippen molar-refractivity contribution in [2.45, 2.75) is 6.92 Å². The van der Waals surface area contributed by atoms with Gasteiger partial charge in [0.05, 0.1) is 0 Å². The Labute approximate surface area is 109 Å². The van der Waals surface area contributed by atoms with E-state index in [-0.39, 0.29) is 11.3 Å². The van der Waals surface area contributed by atoms with Gasteiger partial charge in [-0.1, -0.05) is 17.7 Å². The topological polar surface area (TPSA) is 59.4 Å². The van der Waals surface area contributed by atoms with Gasteiger partial charge < -0.3 is 9.84 Å². The van der Waals surface area contributed by atoms with Crippen LogP contribution in [0.15, 0.2) is 36.5 Å². The Bertz CT molecular complexity index is 581. The van der Waals surface area contributed by atoms with E-state index in [9.17, 15) is 4.79 Å². The number of benzene rings is 1. The van der Waals surface area contributed by atoms with Crippen molar-refractivity contribution in [3.8, 4) is 11.6 Å². The molecule has 1 aromatic heterocycles. The number of rotatable bonds is 3. The zero-order chi connectivity index (χ0) is 13.1. The van der Waals surface area contributed by atoms with Gasteiger partial charge in [0, 0.05) is 17.3 Å². The van der Waals surface area contributed by atoms with Crippen LogP contribution in [0.1, 0.15) is 15.9 Å². The number of nitrogens with zero attached hydrogens (tertiary/aromatic N) is 1. The van der Waals surface area contributed by atoms with E-state index in [1.807, 2.05) is 13.0 Å². The van der Waals surface area contributed by atoms with Gasteiger partial charge in [-0.25, -0.2) is 9.78 Å². The Balaban J connectivity index is 2.34. The van der Waals surface area contributed by atoms with Crippen LogP contribution in [0.2, 0.25) is 5.02 Å². The molecule has 0 spiro atoms. The van der Waals surface area contributed by atoms with Crippen LogP contribution in [0.3, 0.4) is 0 Å². The summed E-state index contributed by atoms with van der Waals surface area (Å²) in [4.78, 5) is 15.1. The predicted octanol–water partition coefficient (Wildman–Crippen LogP) is 3.53. The van der Waals surface area contributed by atoms with E-state index in [1.54, 1.807) is 18.3 Å². The summed E-state index contributed by atoms with van der Waals surface area (Å²) >= 11 is 5.75. The van der Waals surface area contributed by atoms with Crippen molar-refractivity contribution in [1.29, 1.82) is 0 Å². The normalized spacial score (nSPS) is 10.1. The van der Waals surface area contributed by atoms with Crippen LogP contribution in [0.25, 0.3) is 0 Å². The molecule has 1 heterocycles. The Morgan fingerprint density at radius 3 is 2.72 bits per heavy atom. The third kappa shape index (κ3) is 2.78. The van der Waals surface area contributed by atoms with Crippen molar-refractivity contribution < 1.29 is 14.6 Å². The molecule has 18 heavy (non-hydrogen) atoms. The van der Waals surface area contributed by atoms with Crippen LogP contribution < -0.4 is 4.74 Å². The molecule has 0 atom stereocenters. The molecule has 92 valence electrons. The summed E-state index contributed by atoms with van der Waals surface area (Å²) < 4.78 is 5.43. The molecule has 1 aromatic carbocycles. The third-order valence-corrected chi connectivity index (χ3v) is 2.51. The second-order valence-electron chi connectivity index (χ2n) is 3.72. The number of hydrogen-bond donors (Lipinski definition) is 1. The smallest absolute Gasteiger partial charge is 0.339 e. The van der Waals surface area contributed by atoms with Crippen LogP contribution in [-0.4, -0.2) is 16.1 Å². The lowest BCUT2D eigenvalue weighted by Crippen LogP contribution is -2.00. The van der Waals surface area contributed by atoms with E-state index in [1.165, 1.54) is 12.1 Å². The van der Waals surface area contributed by atoms with E-state index in [2.05, 4.69) is 4.98 Å². The van der Waals surface area contributed by atoms with Crippen molar-refractivity contribution in [1.82, 2.24) is 4.98 Å². The number of aryl methyl sites for hydroxylation is 1. The minimum Gasteiger partial charge on any atom is -0.478 e. The molecule has 0 aliphatic rings. The summed E-state index contributed by atoms with van der Waals surface area (Å²) in [5, 5.41) is 9.40.